The second-order valence-electron chi connectivity index (χ2n) is 6.80. The predicted molar refractivity (Wildman–Crippen MR) is 93.2 cm³/mol. The van der Waals surface area contributed by atoms with Crippen LogP contribution in [-0.4, -0.2) is 33.8 Å². The lowest BCUT2D eigenvalue weighted by Crippen LogP contribution is -2.45. The maximum atomic E-state index is 12.0. The molecule has 1 aliphatic heterocycles. The van der Waals surface area contributed by atoms with Gasteiger partial charge in [0.1, 0.15) is 5.75 Å². The number of aromatic nitrogens is 2. The molecule has 7 nitrogen and oxygen atoms in total. The number of imidazole rings is 1. The van der Waals surface area contributed by atoms with Gasteiger partial charge in [0.2, 0.25) is 5.95 Å². The zero-order valence-electron chi connectivity index (χ0n) is 14.5. The lowest BCUT2D eigenvalue weighted by atomic mass is 10.1. The molecule has 0 atom stereocenters. The zero-order valence-corrected chi connectivity index (χ0v) is 14.5. The number of nitrogens with two attached hydrogens (primary N) is 1. The fraction of sp³-hybridized carbons (Fsp3) is 0.529. The van der Waals surface area contributed by atoms with Gasteiger partial charge in [-0.15, -0.1) is 0 Å². The number of carbonyl (C=O) groups is 1. The topological polar surface area (TPSA) is 91.4 Å². The first-order valence-corrected chi connectivity index (χ1v) is 8.20. The standard InChI is InChI=1S/C17H24N4O3/c1-10(2)23-7-5-6-21-13-9-14-12(8-11(13)20-16(21)18)19-15(22)17(3,4)24-14/h8-10H,5-7H2,1-4H3,(H2,18,20)(H,19,22). The summed E-state index contributed by atoms with van der Waals surface area (Å²) in [5.41, 5.74) is 7.41. The van der Waals surface area contributed by atoms with Gasteiger partial charge in [-0.3, -0.25) is 4.79 Å². The van der Waals surface area contributed by atoms with Crippen LogP contribution in [0.5, 0.6) is 5.75 Å². The van der Waals surface area contributed by atoms with Crippen molar-refractivity contribution in [3.05, 3.63) is 12.1 Å². The summed E-state index contributed by atoms with van der Waals surface area (Å²) in [4.78, 5) is 16.4. The molecule has 1 aliphatic rings. The van der Waals surface area contributed by atoms with Gasteiger partial charge in [-0.05, 0) is 40.2 Å². The summed E-state index contributed by atoms with van der Waals surface area (Å²) in [7, 11) is 0. The normalized spacial score (nSPS) is 16.1. The molecule has 2 aromatic rings. The first-order chi connectivity index (χ1) is 11.3. The van der Waals surface area contributed by atoms with Gasteiger partial charge in [0, 0.05) is 19.2 Å². The molecule has 0 radical (unpaired) electrons. The largest absolute Gasteiger partial charge is 0.476 e. The predicted octanol–water partition coefficient (Wildman–Crippen LogP) is 2.54. The SMILES string of the molecule is CC(C)OCCCn1c(N)nc2cc3c(cc21)OC(C)(C)C(=O)N3. The van der Waals surface area contributed by atoms with Gasteiger partial charge in [-0.1, -0.05) is 0 Å². The lowest BCUT2D eigenvalue weighted by Gasteiger charge is -2.31. The van der Waals surface area contributed by atoms with Crippen molar-refractivity contribution in [1.82, 2.24) is 9.55 Å². The third kappa shape index (κ3) is 3.03. The number of anilines is 2. The van der Waals surface area contributed by atoms with Crippen LogP contribution in [0.4, 0.5) is 11.6 Å². The number of ether oxygens (including phenoxy) is 2. The molecular formula is C17H24N4O3. The molecule has 7 heteroatoms. The molecule has 24 heavy (non-hydrogen) atoms. The van der Waals surface area contributed by atoms with Crippen molar-refractivity contribution in [2.24, 2.45) is 0 Å². The molecule has 0 saturated heterocycles. The summed E-state index contributed by atoms with van der Waals surface area (Å²) < 4.78 is 13.4. The fourth-order valence-corrected chi connectivity index (χ4v) is 2.72. The van der Waals surface area contributed by atoms with E-state index in [0.717, 1.165) is 17.5 Å². The number of nitrogen functional groups attached to an aromatic ring is 1. The number of aryl methyl sites for hydroxylation is 1. The molecule has 1 aromatic carbocycles. The molecule has 2 heterocycles. The molecule has 130 valence electrons. The summed E-state index contributed by atoms with van der Waals surface area (Å²) in [5, 5.41) is 2.86. The highest BCUT2D eigenvalue weighted by atomic mass is 16.5. The van der Waals surface area contributed by atoms with E-state index in [0.29, 0.717) is 30.5 Å². The third-order valence-electron chi connectivity index (χ3n) is 4.02. The molecule has 0 fully saturated rings. The van der Waals surface area contributed by atoms with E-state index in [4.69, 9.17) is 15.2 Å². The van der Waals surface area contributed by atoms with E-state index in [2.05, 4.69) is 10.3 Å². The van der Waals surface area contributed by atoms with Gasteiger partial charge in [0.15, 0.2) is 5.60 Å². The summed E-state index contributed by atoms with van der Waals surface area (Å²) in [6.45, 7) is 8.89. The first kappa shape index (κ1) is 16.6. The molecule has 1 amide bonds. The minimum Gasteiger partial charge on any atom is -0.476 e. The Labute approximate surface area is 141 Å². The van der Waals surface area contributed by atoms with Gasteiger partial charge in [0.25, 0.3) is 5.91 Å². The van der Waals surface area contributed by atoms with E-state index >= 15 is 0 Å². The van der Waals surface area contributed by atoms with Gasteiger partial charge < -0.3 is 25.1 Å². The van der Waals surface area contributed by atoms with Crippen molar-refractivity contribution >= 4 is 28.6 Å². The van der Waals surface area contributed by atoms with Crippen molar-refractivity contribution in [2.45, 2.75) is 52.4 Å². The summed E-state index contributed by atoms with van der Waals surface area (Å²) in [5.74, 6) is 0.904. The average Bonchev–Trinajstić information content (AvgIpc) is 2.77. The van der Waals surface area contributed by atoms with Gasteiger partial charge in [-0.2, -0.15) is 0 Å². The van der Waals surface area contributed by atoms with E-state index in [1.807, 2.05) is 24.5 Å². The first-order valence-electron chi connectivity index (χ1n) is 8.20. The second kappa shape index (κ2) is 5.98. The number of nitrogens with zero attached hydrogens (tertiary/aromatic N) is 2. The number of carbonyl (C=O) groups excluding carboxylic acids is 1. The number of rotatable bonds is 5. The van der Waals surface area contributed by atoms with Gasteiger partial charge in [0.05, 0.1) is 22.8 Å². The van der Waals surface area contributed by atoms with E-state index < -0.39 is 5.60 Å². The summed E-state index contributed by atoms with van der Waals surface area (Å²) in [6, 6.07) is 3.69. The average molecular weight is 332 g/mol. The summed E-state index contributed by atoms with van der Waals surface area (Å²) in [6.07, 6.45) is 1.06. The molecule has 1 aromatic heterocycles. The van der Waals surface area contributed by atoms with Crippen LogP contribution in [0.2, 0.25) is 0 Å². The highest BCUT2D eigenvalue weighted by Gasteiger charge is 2.35. The monoisotopic (exact) mass is 332 g/mol. The summed E-state index contributed by atoms with van der Waals surface area (Å²) >= 11 is 0. The molecule has 3 N–H and O–H groups in total. The molecule has 0 saturated carbocycles. The number of nitrogens with one attached hydrogen (secondary N) is 1. The molecule has 0 aliphatic carbocycles. The maximum absolute atomic E-state index is 12.0. The van der Waals surface area contributed by atoms with Crippen LogP contribution >= 0.6 is 0 Å². The number of benzene rings is 1. The molecule has 0 bridgehead atoms. The molecule has 3 rings (SSSR count). The van der Waals surface area contributed by atoms with Crippen molar-refractivity contribution in [3.63, 3.8) is 0 Å². The van der Waals surface area contributed by atoms with Crippen LogP contribution in [-0.2, 0) is 16.1 Å². The van der Waals surface area contributed by atoms with Crippen LogP contribution < -0.4 is 15.8 Å². The van der Waals surface area contributed by atoms with E-state index in [9.17, 15) is 4.79 Å². The number of fused-ring (bicyclic) bond motifs is 2. The second-order valence-corrected chi connectivity index (χ2v) is 6.80. The quantitative estimate of drug-likeness (QED) is 0.821. The Morgan fingerprint density at radius 3 is 2.88 bits per heavy atom. The minimum absolute atomic E-state index is 0.174. The van der Waals surface area contributed by atoms with Crippen molar-refractivity contribution < 1.29 is 14.3 Å². The number of hydrogen-bond acceptors (Lipinski definition) is 5. The van der Waals surface area contributed by atoms with Crippen molar-refractivity contribution in [2.75, 3.05) is 17.7 Å². The molecule has 0 spiro atoms. The fourth-order valence-electron chi connectivity index (χ4n) is 2.72. The Morgan fingerprint density at radius 2 is 2.17 bits per heavy atom. The van der Waals surface area contributed by atoms with Crippen LogP contribution in [0.15, 0.2) is 12.1 Å². The Balaban J connectivity index is 1.89. The highest BCUT2D eigenvalue weighted by Crippen LogP contribution is 2.37. The Morgan fingerprint density at radius 1 is 1.42 bits per heavy atom. The van der Waals surface area contributed by atoms with Gasteiger partial charge >= 0.3 is 0 Å². The Hall–Kier alpha value is -2.28. The van der Waals surface area contributed by atoms with Gasteiger partial charge in [-0.25, -0.2) is 4.98 Å². The van der Waals surface area contributed by atoms with E-state index in [-0.39, 0.29) is 12.0 Å². The minimum atomic E-state index is -0.901. The van der Waals surface area contributed by atoms with Crippen LogP contribution in [0.3, 0.4) is 0 Å². The zero-order chi connectivity index (χ0) is 17.5. The number of hydrogen-bond donors (Lipinski definition) is 2. The molecular weight excluding hydrogens is 308 g/mol. The Kier molecular flexibility index (Phi) is 4.13. The van der Waals surface area contributed by atoms with Crippen LogP contribution in [0.1, 0.15) is 34.1 Å². The van der Waals surface area contributed by atoms with Crippen molar-refractivity contribution in [1.29, 1.82) is 0 Å². The van der Waals surface area contributed by atoms with E-state index in [1.54, 1.807) is 19.9 Å². The smallest absolute Gasteiger partial charge is 0.268 e. The highest BCUT2D eigenvalue weighted by molar-refractivity contribution is 6.02. The van der Waals surface area contributed by atoms with E-state index in [1.165, 1.54) is 0 Å². The Bertz CT molecular complexity index is 780. The van der Waals surface area contributed by atoms with Crippen LogP contribution in [0.25, 0.3) is 11.0 Å². The number of amides is 1. The third-order valence-corrected chi connectivity index (χ3v) is 4.02. The lowest BCUT2D eigenvalue weighted by molar-refractivity contribution is -0.129. The van der Waals surface area contributed by atoms with Crippen molar-refractivity contribution in [3.8, 4) is 5.75 Å². The van der Waals surface area contributed by atoms with Crippen LogP contribution in [0, 0.1) is 0 Å². The molecule has 0 unspecified atom stereocenters. The maximum Gasteiger partial charge on any atom is 0.268 e.